The van der Waals surface area contributed by atoms with Crippen molar-refractivity contribution in [1.29, 1.82) is 0 Å². The lowest BCUT2D eigenvalue weighted by Gasteiger charge is -2.07. The van der Waals surface area contributed by atoms with Crippen LogP contribution in [0.4, 0.5) is 5.69 Å². The Hall–Kier alpha value is -2.74. The molecule has 2 aromatic carbocycles. The maximum absolute atomic E-state index is 12.4. The molecular weight excluding hydrogens is 298 g/mol. The van der Waals surface area contributed by atoms with E-state index in [1.807, 2.05) is 0 Å². The third kappa shape index (κ3) is 2.75. The number of benzene rings is 2. The third-order valence-electron chi connectivity index (χ3n) is 2.75. The smallest absolute Gasteiger partial charge is 0.337 e. The molecule has 0 bridgehead atoms. The number of carbonyl (C=O) groups is 1. The van der Waals surface area contributed by atoms with Crippen LogP contribution in [-0.2, 0) is 9.84 Å². The van der Waals surface area contributed by atoms with Crippen LogP contribution in [0.15, 0.2) is 58.3 Å². The Kier molecular flexibility index (Phi) is 3.72. The summed E-state index contributed by atoms with van der Waals surface area (Å²) < 4.78 is 24.8. The molecule has 21 heavy (non-hydrogen) atoms. The second kappa shape index (κ2) is 5.33. The van der Waals surface area contributed by atoms with E-state index < -0.39 is 36.9 Å². The summed E-state index contributed by atoms with van der Waals surface area (Å²) in [5.41, 5.74) is -1.12. The predicted molar refractivity (Wildman–Crippen MR) is 71.9 cm³/mol. The van der Waals surface area contributed by atoms with Gasteiger partial charge in [-0.15, -0.1) is 0 Å². The molecule has 0 saturated carbocycles. The standard InChI is InChI=1S/C13H9NO6S/c15-13(16)11-8-9(14(17)18)6-7-12(11)21(19,20)10-4-2-1-3-5-10/h1-8H,(H,15,16). The fourth-order valence-corrected chi connectivity index (χ4v) is 3.21. The first-order valence-corrected chi connectivity index (χ1v) is 7.14. The molecule has 8 heteroatoms. The average Bonchev–Trinajstić information content (AvgIpc) is 2.47. The number of nitro benzene ring substituents is 1. The molecule has 0 radical (unpaired) electrons. The van der Waals surface area contributed by atoms with E-state index in [0.29, 0.717) is 0 Å². The van der Waals surface area contributed by atoms with Crippen LogP contribution < -0.4 is 0 Å². The number of carboxylic acid groups (broad SMARTS) is 1. The normalized spacial score (nSPS) is 11.0. The molecule has 0 aliphatic rings. The molecule has 108 valence electrons. The highest BCUT2D eigenvalue weighted by molar-refractivity contribution is 7.91. The summed E-state index contributed by atoms with van der Waals surface area (Å²) in [6.07, 6.45) is 0. The molecule has 7 nitrogen and oxygen atoms in total. The minimum atomic E-state index is -4.06. The lowest BCUT2D eigenvalue weighted by atomic mass is 10.2. The van der Waals surface area contributed by atoms with Crippen molar-refractivity contribution in [2.75, 3.05) is 0 Å². The van der Waals surface area contributed by atoms with E-state index in [1.54, 1.807) is 6.07 Å². The summed E-state index contributed by atoms with van der Waals surface area (Å²) in [7, 11) is -4.06. The first-order chi connectivity index (χ1) is 9.84. The Morgan fingerprint density at radius 2 is 1.71 bits per heavy atom. The first-order valence-electron chi connectivity index (χ1n) is 5.66. The number of hydrogen-bond acceptors (Lipinski definition) is 5. The van der Waals surface area contributed by atoms with E-state index in [2.05, 4.69) is 0 Å². The van der Waals surface area contributed by atoms with Gasteiger partial charge in [0, 0.05) is 12.1 Å². The van der Waals surface area contributed by atoms with E-state index in [-0.39, 0.29) is 4.90 Å². The number of rotatable bonds is 4. The van der Waals surface area contributed by atoms with Crippen molar-refractivity contribution < 1.29 is 23.2 Å². The van der Waals surface area contributed by atoms with Crippen molar-refractivity contribution in [3.05, 3.63) is 64.2 Å². The fraction of sp³-hybridized carbons (Fsp3) is 0. The summed E-state index contributed by atoms with van der Waals surface area (Å²) in [6.45, 7) is 0. The maximum Gasteiger partial charge on any atom is 0.337 e. The lowest BCUT2D eigenvalue weighted by Crippen LogP contribution is -2.10. The van der Waals surface area contributed by atoms with Gasteiger partial charge in [0.25, 0.3) is 5.69 Å². The van der Waals surface area contributed by atoms with Gasteiger partial charge < -0.3 is 5.11 Å². The summed E-state index contributed by atoms with van der Waals surface area (Å²) in [4.78, 5) is 20.5. The van der Waals surface area contributed by atoms with Gasteiger partial charge in [-0.3, -0.25) is 10.1 Å². The second-order valence-electron chi connectivity index (χ2n) is 4.06. The van der Waals surface area contributed by atoms with E-state index in [1.165, 1.54) is 24.3 Å². The Balaban J connectivity index is 2.69. The zero-order chi connectivity index (χ0) is 15.6. The van der Waals surface area contributed by atoms with Crippen molar-refractivity contribution >= 4 is 21.5 Å². The quantitative estimate of drug-likeness (QED) is 0.683. The molecule has 0 saturated heterocycles. The van der Waals surface area contributed by atoms with Gasteiger partial charge in [0.15, 0.2) is 0 Å². The maximum atomic E-state index is 12.4. The zero-order valence-corrected chi connectivity index (χ0v) is 11.3. The highest BCUT2D eigenvalue weighted by Crippen LogP contribution is 2.27. The van der Waals surface area contributed by atoms with Crippen LogP contribution in [0.5, 0.6) is 0 Å². The molecule has 0 unspecified atom stereocenters. The molecule has 1 N–H and O–H groups in total. The van der Waals surface area contributed by atoms with Gasteiger partial charge >= 0.3 is 5.97 Å². The number of hydrogen-bond donors (Lipinski definition) is 1. The van der Waals surface area contributed by atoms with Crippen LogP contribution in [0.1, 0.15) is 10.4 Å². The van der Waals surface area contributed by atoms with Crippen LogP contribution in [0.2, 0.25) is 0 Å². The minimum absolute atomic E-state index is 0.0821. The summed E-state index contributed by atoms with van der Waals surface area (Å²) in [5, 5.41) is 19.8. The highest BCUT2D eigenvalue weighted by atomic mass is 32.2. The largest absolute Gasteiger partial charge is 0.478 e. The second-order valence-corrected chi connectivity index (χ2v) is 5.98. The number of nitrogens with zero attached hydrogens (tertiary/aromatic N) is 1. The molecule has 0 fully saturated rings. The van der Waals surface area contributed by atoms with E-state index in [9.17, 15) is 23.3 Å². The van der Waals surface area contributed by atoms with Crippen molar-refractivity contribution in [2.24, 2.45) is 0 Å². The van der Waals surface area contributed by atoms with Gasteiger partial charge in [-0.05, 0) is 18.2 Å². The van der Waals surface area contributed by atoms with Gasteiger partial charge in [-0.25, -0.2) is 13.2 Å². The third-order valence-corrected chi connectivity index (χ3v) is 4.58. The highest BCUT2D eigenvalue weighted by Gasteiger charge is 2.26. The molecule has 2 rings (SSSR count). The SMILES string of the molecule is O=C(O)c1cc([N+](=O)[O-])ccc1S(=O)(=O)c1ccccc1. The molecule has 0 atom stereocenters. The molecule has 0 heterocycles. The zero-order valence-electron chi connectivity index (χ0n) is 10.5. The van der Waals surface area contributed by atoms with Crippen LogP contribution in [0, 0.1) is 10.1 Å². The van der Waals surface area contributed by atoms with Gasteiger partial charge in [0.1, 0.15) is 0 Å². The fourth-order valence-electron chi connectivity index (χ4n) is 1.76. The van der Waals surface area contributed by atoms with E-state index in [4.69, 9.17) is 5.11 Å². The molecular formula is C13H9NO6S. The molecule has 0 spiro atoms. The predicted octanol–water partition coefficient (Wildman–Crippen LogP) is 2.13. The van der Waals surface area contributed by atoms with Gasteiger partial charge in [0.2, 0.25) is 9.84 Å². The van der Waals surface area contributed by atoms with Crippen LogP contribution >= 0.6 is 0 Å². The van der Waals surface area contributed by atoms with Gasteiger partial charge in [-0.1, -0.05) is 18.2 Å². The molecule has 2 aromatic rings. The summed E-state index contributed by atoms with van der Waals surface area (Å²) >= 11 is 0. The number of nitro groups is 1. The topological polar surface area (TPSA) is 115 Å². The Labute approximate surface area is 119 Å². The molecule has 0 amide bonds. The number of carboxylic acids is 1. The monoisotopic (exact) mass is 307 g/mol. The lowest BCUT2D eigenvalue weighted by molar-refractivity contribution is -0.384. The van der Waals surface area contributed by atoms with Gasteiger partial charge in [0.05, 0.1) is 20.3 Å². The van der Waals surface area contributed by atoms with Gasteiger partial charge in [-0.2, -0.15) is 0 Å². The number of sulfone groups is 1. The van der Waals surface area contributed by atoms with Crippen molar-refractivity contribution in [2.45, 2.75) is 9.79 Å². The van der Waals surface area contributed by atoms with Crippen molar-refractivity contribution in [1.82, 2.24) is 0 Å². The van der Waals surface area contributed by atoms with Crippen LogP contribution in [0.25, 0.3) is 0 Å². The van der Waals surface area contributed by atoms with Crippen LogP contribution in [0.3, 0.4) is 0 Å². The number of non-ortho nitro benzene ring substituents is 1. The first kappa shape index (κ1) is 14.7. The summed E-state index contributed by atoms with van der Waals surface area (Å²) in [5.74, 6) is -1.55. The molecule has 0 aliphatic carbocycles. The molecule has 0 aromatic heterocycles. The van der Waals surface area contributed by atoms with E-state index in [0.717, 1.165) is 18.2 Å². The van der Waals surface area contributed by atoms with Crippen molar-refractivity contribution in [3.63, 3.8) is 0 Å². The van der Waals surface area contributed by atoms with Crippen molar-refractivity contribution in [3.8, 4) is 0 Å². The van der Waals surface area contributed by atoms with Crippen LogP contribution in [-0.4, -0.2) is 24.4 Å². The molecule has 0 aliphatic heterocycles. The average molecular weight is 307 g/mol. The number of aromatic carboxylic acids is 1. The Morgan fingerprint density at radius 3 is 2.24 bits per heavy atom. The van der Waals surface area contributed by atoms with E-state index >= 15 is 0 Å². The Bertz CT molecular complexity index is 814. The minimum Gasteiger partial charge on any atom is -0.478 e. The summed E-state index contributed by atoms with van der Waals surface area (Å²) in [6, 6.07) is 9.89. The Morgan fingerprint density at radius 1 is 1.10 bits per heavy atom.